The standard InChI is InChI=1S/C13H12Cl2N2O/c1-8(2)11-12(15)16-7-17-13(11)18-10-5-3-4-9(14)6-10/h3-8H,1-2H3. The van der Waals surface area contributed by atoms with Crippen LogP contribution in [0.2, 0.25) is 10.2 Å². The number of nitrogens with zero attached hydrogens (tertiary/aromatic N) is 2. The van der Waals surface area contributed by atoms with Gasteiger partial charge in [-0.3, -0.25) is 0 Å². The van der Waals surface area contributed by atoms with Gasteiger partial charge in [-0.25, -0.2) is 9.97 Å². The topological polar surface area (TPSA) is 35.0 Å². The molecular weight excluding hydrogens is 271 g/mol. The molecule has 18 heavy (non-hydrogen) atoms. The van der Waals surface area contributed by atoms with E-state index in [1.165, 1.54) is 6.33 Å². The van der Waals surface area contributed by atoms with Crippen LogP contribution >= 0.6 is 23.2 Å². The lowest BCUT2D eigenvalue weighted by atomic mass is 10.1. The highest BCUT2D eigenvalue weighted by Crippen LogP contribution is 2.33. The van der Waals surface area contributed by atoms with Crippen LogP contribution in [-0.2, 0) is 0 Å². The summed E-state index contributed by atoms with van der Waals surface area (Å²) < 4.78 is 5.71. The molecular formula is C13H12Cl2N2O. The molecule has 1 heterocycles. The zero-order valence-electron chi connectivity index (χ0n) is 10.0. The Balaban J connectivity index is 2.37. The molecule has 0 aliphatic rings. The van der Waals surface area contributed by atoms with Gasteiger partial charge in [0.2, 0.25) is 5.88 Å². The average Bonchev–Trinajstić information content (AvgIpc) is 2.28. The van der Waals surface area contributed by atoms with Crippen LogP contribution in [0.3, 0.4) is 0 Å². The van der Waals surface area contributed by atoms with E-state index < -0.39 is 0 Å². The molecule has 0 atom stereocenters. The minimum atomic E-state index is 0.174. The minimum absolute atomic E-state index is 0.174. The quantitative estimate of drug-likeness (QED) is 0.766. The Labute approximate surface area is 116 Å². The summed E-state index contributed by atoms with van der Waals surface area (Å²) in [7, 11) is 0. The van der Waals surface area contributed by atoms with E-state index in [1.807, 2.05) is 26.0 Å². The first-order valence-electron chi connectivity index (χ1n) is 5.51. The van der Waals surface area contributed by atoms with Crippen LogP contribution in [0.1, 0.15) is 25.3 Å². The number of hydrogen-bond acceptors (Lipinski definition) is 3. The highest BCUT2D eigenvalue weighted by atomic mass is 35.5. The minimum Gasteiger partial charge on any atom is -0.439 e. The molecule has 0 aliphatic carbocycles. The number of hydrogen-bond donors (Lipinski definition) is 0. The number of rotatable bonds is 3. The molecule has 1 aromatic carbocycles. The number of ether oxygens (including phenoxy) is 1. The molecule has 0 radical (unpaired) electrons. The molecule has 0 fully saturated rings. The summed E-state index contributed by atoms with van der Waals surface area (Å²) in [4.78, 5) is 8.09. The van der Waals surface area contributed by atoms with Crippen molar-refractivity contribution in [1.29, 1.82) is 0 Å². The summed E-state index contributed by atoms with van der Waals surface area (Å²) in [6, 6.07) is 7.13. The van der Waals surface area contributed by atoms with Crippen molar-refractivity contribution in [3.05, 3.63) is 46.3 Å². The van der Waals surface area contributed by atoms with Gasteiger partial charge in [0, 0.05) is 5.02 Å². The van der Waals surface area contributed by atoms with Crippen molar-refractivity contribution >= 4 is 23.2 Å². The third-order valence-corrected chi connectivity index (χ3v) is 2.92. The summed E-state index contributed by atoms with van der Waals surface area (Å²) in [5.74, 6) is 1.26. The van der Waals surface area contributed by atoms with Gasteiger partial charge >= 0.3 is 0 Å². The van der Waals surface area contributed by atoms with Crippen molar-refractivity contribution < 1.29 is 4.74 Å². The molecule has 0 aliphatic heterocycles. The maximum atomic E-state index is 6.06. The smallest absolute Gasteiger partial charge is 0.227 e. The molecule has 0 saturated carbocycles. The van der Waals surface area contributed by atoms with Gasteiger partial charge in [0.25, 0.3) is 0 Å². The first-order valence-corrected chi connectivity index (χ1v) is 6.27. The Morgan fingerprint density at radius 2 is 1.94 bits per heavy atom. The summed E-state index contributed by atoms with van der Waals surface area (Å²) >= 11 is 12.0. The van der Waals surface area contributed by atoms with Gasteiger partial charge in [0.15, 0.2) is 0 Å². The number of aromatic nitrogens is 2. The lowest BCUT2D eigenvalue weighted by Crippen LogP contribution is -1.99. The third-order valence-electron chi connectivity index (χ3n) is 2.39. The summed E-state index contributed by atoms with van der Waals surface area (Å²) in [5.41, 5.74) is 0.791. The molecule has 5 heteroatoms. The van der Waals surface area contributed by atoms with E-state index in [0.717, 1.165) is 5.56 Å². The van der Waals surface area contributed by atoms with Gasteiger partial charge in [-0.2, -0.15) is 0 Å². The van der Waals surface area contributed by atoms with Crippen molar-refractivity contribution in [3.8, 4) is 11.6 Å². The second kappa shape index (κ2) is 5.55. The van der Waals surface area contributed by atoms with Crippen LogP contribution in [0.4, 0.5) is 0 Å². The van der Waals surface area contributed by atoms with E-state index in [1.54, 1.807) is 12.1 Å². The maximum Gasteiger partial charge on any atom is 0.227 e. The Bertz CT molecular complexity index is 558. The van der Waals surface area contributed by atoms with Crippen LogP contribution in [0, 0.1) is 0 Å². The first-order chi connectivity index (χ1) is 8.58. The third kappa shape index (κ3) is 2.92. The molecule has 3 nitrogen and oxygen atoms in total. The van der Waals surface area contributed by atoms with Crippen molar-refractivity contribution in [1.82, 2.24) is 9.97 Å². The molecule has 0 bridgehead atoms. The van der Waals surface area contributed by atoms with E-state index in [-0.39, 0.29) is 5.92 Å². The van der Waals surface area contributed by atoms with Gasteiger partial charge in [0.05, 0.1) is 5.56 Å². The SMILES string of the molecule is CC(C)c1c(Cl)ncnc1Oc1cccc(Cl)c1. The fraction of sp³-hybridized carbons (Fsp3) is 0.231. The van der Waals surface area contributed by atoms with Gasteiger partial charge in [0.1, 0.15) is 17.2 Å². The van der Waals surface area contributed by atoms with Crippen molar-refractivity contribution in [2.75, 3.05) is 0 Å². The van der Waals surface area contributed by atoms with Crippen LogP contribution in [0.25, 0.3) is 0 Å². The summed E-state index contributed by atoms with van der Waals surface area (Å²) in [6.07, 6.45) is 1.38. The van der Waals surface area contributed by atoms with E-state index >= 15 is 0 Å². The molecule has 0 spiro atoms. The van der Waals surface area contributed by atoms with E-state index in [9.17, 15) is 0 Å². The van der Waals surface area contributed by atoms with E-state index in [0.29, 0.717) is 21.8 Å². The average molecular weight is 283 g/mol. The monoisotopic (exact) mass is 282 g/mol. The Hall–Kier alpha value is -1.32. The fourth-order valence-corrected chi connectivity index (χ4v) is 2.09. The van der Waals surface area contributed by atoms with Gasteiger partial charge in [-0.05, 0) is 24.1 Å². The lowest BCUT2D eigenvalue weighted by Gasteiger charge is -2.13. The predicted octanol–water partition coefficient (Wildman–Crippen LogP) is 4.70. The van der Waals surface area contributed by atoms with Gasteiger partial charge < -0.3 is 4.74 Å². The summed E-state index contributed by atoms with van der Waals surface area (Å²) in [5, 5.41) is 1.02. The zero-order valence-corrected chi connectivity index (χ0v) is 11.5. The zero-order chi connectivity index (χ0) is 13.1. The van der Waals surface area contributed by atoms with E-state index in [4.69, 9.17) is 27.9 Å². The summed E-state index contributed by atoms with van der Waals surface area (Å²) in [6.45, 7) is 4.02. The highest BCUT2D eigenvalue weighted by Gasteiger charge is 2.15. The second-order valence-corrected chi connectivity index (χ2v) is 4.89. The predicted molar refractivity (Wildman–Crippen MR) is 72.7 cm³/mol. The Morgan fingerprint density at radius 3 is 2.61 bits per heavy atom. The van der Waals surface area contributed by atoms with Crippen molar-refractivity contribution in [2.45, 2.75) is 19.8 Å². The first kappa shape index (κ1) is 13.1. The fourth-order valence-electron chi connectivity index (χ4n) is 1.57. The molecule has 2 aromatic rings. The van der Waals surface area contributed by atoms with Gasteiger partial charge in [-0.1, -0.05) is 43.1 Å². The molecule has 0 saturated heterocycles. The van der Waals surface area contributed by atoms with Crippen LogP contribution in [0.5, 0.6) is 11.6 Å². The lowest BCUT2D eigenvalue weighted by molar-refractivity contribution is 0.451. The highest BCUT2D eigenvalue weighted by molar-refractivity contribution is 6.30. The van der Waals surface area contributed by atoms with E-state index in [2.05, 4.69) is 9.97 Å². The molecule has 0 unspecified atom stereocenters. The van der Waals surface area contributed by atoms with Crippen LogP contribution < -0.4 is 4.74 Å². The van der Waals surface area contributed by atoms with Crippen molar-refractivity contribution in [3.63, 3.8) is 0 Å². The molecule has 0 N–H and O–H groups in total. The number of benzene rings is 1. The molecule has 94 valence electrons. The number of halogens is 2. The second-order valence-electron chi connectivity index (χ2n) is 4.10. The molecule has 2 rings (SSSR count). The Kier molecular flexibility index (Phi) is 4.04. The largest absolute Gasteiger partial charge is 0.439 e. The molecule has 1 aromatic heterocycles. The normalized spacial score (nSPS) is 10.7. The van der Waals surface area contributed by atoms with Crippen LogP contribution in [0.15, 0.2) is 30.6 Å². The Morgan fingerprint density at radius 1 is 1.17 bits per heavy atom. The molecule has 0 amide bonds. The maximum absolute atomic E-state index is 6.06. The van der Waals surface area contributed by atoms with Gasteiger partial charge in [-0.15, -0.1) is 0 Å². The van der Waals surface area contributed by atoms with Crippen molar-refractivity contribution in [2.24, 2.45) is 0 Å². The van der Waals surface area contributed by atoms with Crippen LogP contribution in [-0.4, -0.2) is 9.97 Å².